The summed E-state index contributed by atoms with van der Waals surface area (Å²) in [5.74, 6) is 1.92. The highest BCUT2D eigenvalue weighted by molar-refractivity contribution is 5.53. The first kappa shape index (κ1) is 10.8. The number of pyridine rings is 1. The Hall–Kier alpha value is -1.35. The van der Waals surface area contributed by atoms with E-state index in [2.05, 4.69) is 34.6 Å². The van der Waals surface area contributed by atoms with Crippen LogP contribution in [-0.4, -0.2) is 22.6 Å². The Kier molecular flexibility index (Phi) is 2.85. The molecule has 0 amide bonds. The number of hydrogen-bond donors (Lipinski definition) is 0. The second kappa shape index (κ2) is 4.49. The molecule has 0 unspecified atom stereocenters. The van der Waals surface area contributed by atoms with E-state index in [-0.39, 0.29) is 0 Å². The lowest BCUT2D eigenvalue weighted by molar-refractivity contribution is 0.0659. The molecule has 0 bridgehead atoms. The number of rotatable bonds is 2. The molecule has 1 fully saturated rings. The first-order chi connectivity index (χ1) is 8.34. The zero-order valence-corrected chi connectivity index (χ0v) is 10.2. The van der Waals surface area contributed by atoms with Crippen LogP contribution in [0.3, 0.4) is 0 Å². The summed E-state index contributed by atoms with van der Waals surface area (Å²) in [6.45, 7) is 3.95. The molecule has 2 aromatic heterocycles. The minimum Gasteiger partial charge on any atom is -0.381 e. The molecule has 0 radical (unpaired) electrons. The number of fused-ring (bicyclic) bond motifs is 1. The standard InChI is InChI=1S/C14H18N2O/c1-11-3-2-6-16-13(11)10-15-14(16)9-12-4-7-17-8-5-12/h2-3,6,10,12H,4-5,7-9H2,1H3. The molecule has 0 aliphatic carbocycles. The molecule has 0 spiro atoms. The van der Waals surface area contributed by atoms with Gasteiger partial charge in [-0.25, -0.2) is 4.98 Å². The van der Waals surface area contributed by atoms with Gasteiger partial charge in [0.1, 0.15) is 5.82 Å². The summed E-state index contributed by atoms with van der Waals surface area (Å²) in [5.41, 5.74) is 2.52. The average Bonchev–Trinajstić information content (AvgIpc) is 2.76. The topological polar surface area (TPSA) is 26.5 Å². The van der Waals surface area contributed by atoms with E-state index >= 15 is 0 Å². The van der Waals surface area contributed by atoms with Crippen LogP contribution in [0.4, 0.5) is 0 Å². The van der Waals surface area contributed by atoms with Gasteiger partial charge < -0.3 is 9.14 Å². The van der Waals surface area contributed by atoms with Crippen molar-refractivity contribution in [3.63, 3.8) is 0 Å². The molecule has 0 N–H and O–H groups in total. The summed E-state index contributed by atoms with van der Waals surface area (Å²) >= 11 is 0. The van der Waals surface area contributed by atoms with E-state index in [1.54, 1.807) is 0 Å². The van der Waals surface area contributed by atoms with E-state index in [0.29, 0.717) is 0 Å². The molecule has 3 heteroatoms. The van der Waals surface area contributed by atoms with Crippen LogP contribution in [0.15, 0.2) is 24.5 Å². The number of aromatic nitrogens is 2. The molecule has 2 aromatic rings. The molecule has 90 valence electrons. The third-order valence-corrected chi connectivity index (χ3v) is 3.67. The Morgan fingerprint density at radius 3 is 3.06 bits per heavy atom. The maximum atomic E-state index is 5.40. The van der Waals surface area contributed by atoms with E-state index in [0.717, 1.165) is 25.6 Å². The largest absolute Gasteiger partial charge is 0.381 e. The Morgan fingerprint density at radius 2 is 2.24 bits per heavy atom. The molecule has 3 rings (SSSR count). The van der Waals surface area contributed by atoms with E-state index < -0.39 is 0 Å². The van der Waals surface area contributed by atoms with Crippen molar-refractivity contribution in [2.75, 3.05) is 13.2 Å². The summed E-state index contributed by atoms with van der Waals surface area (Å²) in [6, 6.07) is 4.23. The van der Waals surface area contributed by atoms with Crippen molar-refractivity contribution in [3.8, 4) is 0 Å². The maximum Gasteiger partial charge on any atom is 0.113 e. The van der Waals surface area contributed by atoms with Crippen LogP contribution in [0.2, 0.25) is 0 Å². The van der Waals surface area contributed by atoms with Crippen LogP contribution in [0, 0.1) is 12.8 Å². The number of nitrogens with zero attached hydrogens (tertiary/aromatic N) is 2. The highest BCUT2D eigenvalue weighted by Crippen LogP contribution is 2.21. The van der Waals surface area contributed by atoms with Crippen molar-refractivity contribution in [3.05, 3.63) is 35.9 Å². The number of imidazole rings is 1. The van der Waals surface area contributed by atoms with Gasteiger partial charge in [0.15, 0.2) is 0 Å². The molecule has 17 heavy (non-hydrogen) atoms. The SMILES string of the molecule is Cc1cccn2c(CC3CCOCC3)ncc12. The maximum absolute atomic E-state index is 5.40. The fourth-order valence-corrected chi connectivity index (χ4v) is 2.58. The van der Waals surface area contributed by atoms with Gasteiger partial charge >= 0.3 is 0 Å². The first-order valence-corrected chi connectivity index (χ1v) is 6.34. The molecule has 3 nitrogen and oxygen atoms in total. The van der Waals surface area contributed by atoms with Crippen molar-refractivity contribution in [2.24, 2.45) is 5.92 Å². The Bertz CT molecular complexity index is 512. The molecular weight excluding hydrogens is 212 g/mol. The van der Waals surface area contributed by atoms with Crippen LogP contribution in [-0.2, 0) is 11.2 Å². The minimum atomic E-state index is 0.731. The van der Waals surface area contributed by atoms with Gasteiger partial charge in [0.2, 0.25) is 0 Å². The fraction of sp³-hybridized carbons (Fsp3) is 0.500. The third-order valence-electron chi connectivity index (χ3n) is 3.67. The predicted octanol–water partition coefficient (Wildman–Crippen LogP) is 2.61. The summed E-state index contributed by atoms with van der Waals surface area (Å²) in [5, 5.41) is 0. The van der Waals surface area contributed by atoms with Gasteiger partial charge in [-0.1, -0.05) is 6.07 Å². The number of ether oxygens (including phenoxy) is 1. The molecule has 1 aliphatic heterocycles. The van der Waals surface area contributed by atoms with Crippen LogP contribution in [0.25, 0.3) is 5.52 Å². The highest BCUT2D eigenvalue weighted by atomic mass is 16.5. The summed E-state index contributed by atoms with van der Waals surface area (Å²) in [7, 11) is 0. The van der Waals surface area contributed by atoms with Gasteiger partial charge in [-0.15, -0.1) is 0 Å². The fourth-order valence-electron chi connectivity index (χ4n) is 2.58. The van der Waals surface area contributed by atoms with Crippen molar-refractivity contribution in [1.29, 1.82) is 0 Å². The van der Waals surface area contributed by atoms with Gasteiger partial charge in [0, 0.05) is 25.8 Å². The van der Waals surface area contributed by atoms with E-state index in [1.807, 2.05) is 6.20 Å². The summed E-state index contributed by atoms with van der Waals surface area (Å²) in [6.07, 6.45) is 7.51. The quantitative estimate of drug-likeness (QED) is 0.792. The minimum absolute atomic E-state index is 0.731. The van der Waals surface area contributed by atoms with Gasteiger partial charge in [0.25, 0.3) is 0 Å². The van der Waals surface area contributed by atoms with Crippen LogP contribution in [0.1, 0.15) is 24.2 Å². The van der Waals surface area contributed by atoms with Gasteiger partial charge in [-0.3, -0.25) is 0 Å². The van der Waals surface area contributed by atoms with Gasteiger partial charge in [-0.2, -0.15) is 0 Å². The zero-order valence-electron chi connectivity index (χ0n) is 10.2. The van der Waals surface area contributed by atoms with Gasteiger partial charge in [-0.05, 0) is 37.3 Å². The number of aryl methyl sites for hydroxylation is 1. The lowest BCUT2D eigenvalue weighted by atomic mass is 9.96. The van der Waals surface area contributed by atoms with Crippen molar-refractivity contribution in [2.45, 2.75) is 26.2 Å². The third kappa shape index (κ3) is 2.07. The monoisotopic (exact) mass is 230 g/mol. The first-order valence-electron chi connectivity index (χ1n) is 6.34. The van der Waals surface area contributed by atoms with Crippen molar-refractivity contribution >= 4 is 5.52 Å². The van der Waals surface area contributed by atoms with E-state index in [4.69, 9.17) is 4.74 Å². The van der Waals surface area contributed by atoms with Gasteiger partial charge in [0.05, 0.1) is 11.7 Å². The summed E-state index contributed by atoms with van der Waals surface area (Å²) in [4.78, 5) is 4.57. The number of hydrogen-bond acceptors (Lipinski definition) is 2. The molecule has 3 heterocycles. The van der Waals surface area contributed by atoms with E-state index in [9.17, 15) is 0 Å². The Morgan fingerprint density at radius 1 is 1.41 bits per heavy atom. The normalized spacial score (nSPS) is 17.7. The molecule has 0 atom stereocenters. The second-order valence-corrected chi connectivity index (χ2v) is 4.88. The molecule has 0 aromatic carbocycles. The summed E-state index contributed by atoms with van der Waals surface area (Å²) < 4.78 is 7.63. The lowest BCUT2D eigenvalue weighted by Crippen LogP contribution is -2.18. The predicted molar refractivity (Wildman–Crippen MR) is 67.2 cm³/mol. The van der Waals surface area contributed by atoms with Crippen LogP contribution < -0.4 is 0 Å². The Balaban J connectivity index is 1.87. The highest BCUT2D eigenvalue weighted by Gasteiger charge is 2.16. The zero-order chi connectivity index (χ0) is 11.7. The molecular formula is C14H18N2O. The second-order valence-electron chi connectivity index (χ2n) is 4.88. The Labute approximate surface area is 101 Å². The smallest absolute Gasteiger partial charge is 0.113 e. The van der Waals surface area contributed by atoms with Crippen LogP contribution in [0.5, 0.6) is 0 Å². The average molecular weight is 230 g/mol. The lowest BCUT2D eigenvalue weighted by Gasteiger charge is -2.21. The van der Waals surface area contributed by atoms with Crippen molar-refractivity contribution < 1.29 is 4.74 Å². The molecule has 0 saturated carbocycles. The molecule has 1 saturated heterocycles. The molecule has 1 aliphatic rings. The van der Waals surface area contributed by atoms with E-state index in [1.165, 1.54) is 29.7 Å². The van der Waals surface area contributed by atoms with Crippen LogP contribution >= 0.6 is 0 Å². The van der Waals surface area contributed by atoms with Crippen molar-refractivity contribution in [1.82, 2.24) is 9.38 Å².